The Labute approximate surface area is 140 Å². The number of fused-ring (bicyclic) bond motifs is 1. The van der Waals surface area contributed by atoms with Crippen molar-refractivity contribution in [1.82, 2.24) is 0 Å². The lowest BCUT2D eigenvalue weighted by Crippen LogP contribution is -2.17. The molecule has 1 amide bonds. The van der Waals surface area contributed by atoms with Crippen molar-refractivity contribution in [1.29, 1.82) is 0 Å². The van der Waals surface area contributed by atoms with Gasteiger partial charge in [0.2, 0.25) is 5.91 Å². The Morgan fingerprint density at radius 3 is 2.46 bits per heavy atom. The minimum atomic E-state index is -3.84. The van der Waals surface area contributed by atoms with Crippen LogP contribution in [0.1, 0.15) is 15.9 Å². The first-order chi connectivity index (χ1) is 11.4. The summed E-state index contributed by atoms with van der Waals surface area (Å²) < 4.78 is 27.9. The second-order valence-corrected chi connectivity index (χ2v) is 7.16. The molecule has 0 heterocycles. The fourth-order valence-electron chi connectivity index (χ4n) is 2.55. The smallest absolute Gasteiger partial charge is 0.261 e. The molecule has 3 aromatic rings. The minimum Gasteiger partial charge on any atom is -0.366 e. The number of hydrogen-bond donors (Lipinski definition) is 2. The van der Waals surface area contributed by atoms with Gasteiger partial charge in [-0.15, -0.1) is 0 Å². The summed E-state index contributed by atoms with van der Waals surface area (Å²) in [6, 6.07) is 17.2. The zero-order valence-electron chi connectivity index (χ0n) is 13.0. The van der Waals surface area contributed by atoms with Crippen LogP contribution >= 0.6 is 0 Å². The van der Waals surface area contributed by atoms with Crippen LogP contribution in [-0.4, -0.2) is 14.3 Å². The van der Waals surface area contributed by atoms with Crippen molar-refractivity contribution in [3.05, 3.63) is 71.8 Å². The van der Waals surface area contributed by atoms with E-state index in [2.05, 4.69) is 4.72 Å². The number of carbonyl (C=O) groups is 1. The molecular weight excluding hydrogens is 324 g/mol. The number of hydrogen-bond acceptors (Lipinski definition) is 3. The van der Waals surface area contributed by atoms with E-state index >= 15 is 0 Å². The van der Waals surface area contributed by atoms with E-state index in [4.69, 9.17) is 5.73 Å². The molecule has 3 aromatic carbocycles. The molecule has 3 N–H and O–H groups in total. The lowest BCUT2D eigenvalue weighted by atomic mass is 10.1. The van der Waals surface area contributed by atoms with Gasteiger partial charge in [-0.05, 0) is 36.1 Å². The van der Waals surface area contributed by atoms with Gasteiger partial charge in [-0.3, -0.25) is 9.52 Å². The second kappa shape index (κ2) is 5.98. The Morgan fingerprint density at radius 2 is 1.71 bits per heavy atom. The highest BCUT2D eigenvalue weighted by molar-refractivity contribution is 7.92. The monoisotopic (exact) mass is 340 g/mol. The van der Waals surface area contributed by atoms with Crippen LogP contribution in [0.15, 0.2) is 65.6 Å². The average Bonchev–Trinajstić information content (AvgIpc) is 2.55. The first-order valence-corrected chi connectivity index (χ1v) is 8.78. The quantitative estimate of drug-likeness (QED) is 0.765. The van der Waals surface area contributed by atoms with Crippen LogP contribution in [0.5, 0.6) is 0 Å². The summed E-state index contributed by atoms with van der Waals surface area (Å²) in [6.45, 7) is 1.70. The van der Waals surface area contributed by atoms with Gasteiger partial charge in [-0.2, -0.15) is 0 Å². The highest BCUT2D eigenvalue weighted by atomic mass is 32.2. The standard InChI is InChI=1S/C18H16N2O3S/c1-12-9-10-14(11-16(12)18(19)21)24(22,23)20-17-8-4-6-13-5-2-3-7-15(13)17/h2-11,20H,1H3,(H2,19,21). The topological polar surface area (TPSA) is 89.3 Å². The van der Waals surface area contributed by atoms with Gasteiger partial charge in [-0.25, -0.2) is 8.42 Å². The van der Waals surface area contributed by atoms with Crippen molar-refractivity contribution in [3.8, 4) is 0 Å². The molecule has 24 heavy (non-hydrogen) atoms. The number of amides is 1. The van der Waals surface area contributed by atoms with Gasteiger partial charge in [0.25, 0.3) is 10.0 Å². The van der Waals surface area contributed by atoms with Crippen molar-refractivity contribution < 1.29 is 13.2 Å². The van der Waals surface area contributed by atoms with Crippen LogP contribution in [0.4, 0.5) is 5.69 Å². The lowest BCUT2D eigenvalue weighted by molar-refractivity contribution is 0.0999. The molecule has 0 aliphatic rings. The number of nitrogens with one attached hydrogen (secondary N) is 1. The molecule has 0 aromatic heterocycles. The first-order valence-electron chi connectivity index (χ1n) is 7.29. The molecule has 0 unspecified atom stereocenters. The third kappa shape index (κ3) is 2.96. The Kier molecular flexibility index (Phi) is 3.99. The molecule has 0 aliphatic heterocycles. The lowest BCUT2D eigenvalue weighted by Gasteiger charge is -2.12. The Hall–Kier alpha value is -2.86. The fourth-order valence-corrected chi connectivity index (χ4v) is 3.66. The molecule has 0 aliphatic carbocycles. The number of benzene rings is 3. The van der Waals surface area contributed by atoms with Crippen LogP contribution in [0.3, 0.4) is 0 Å². The fraction of sp³-hybridized carbons (Fsp3) is 0.0556. The molecule has 0 saturated heterocycles. The summed E-state index contributed by atoms with van der Waals surface area (Å²) in [6.07, 6.45) is 0. The molecule has 122 valence electrons. The number of aryl methyl sites for hydroxylation is 1. The highest BCUT2D eigenvalue weighted by Gasteiger charge is 2.18. The third-order valence-corrected chi connectivity index (χ3v) is 5.18. The van der Waals surface area contributed by atoms with Gasteiger partial charge >= 0.3 is 0 Å². The van der Waals surface area contributed by atoms with Crippen LogP contribution in [0.2, 0.25) is 0 Å². The Balaban J connectivity index is 2.05. The largest absolute Gasteiger partial charge is 0.366 e. The SMILES string of the molecule is Cc1ccc(S(=O)(=O)Nc2cccc3ccccc23)cc1C(N)=O. The second-order valence-electron chi connectivity index (χ2n) is 5.47. The molecule has 0 saturated carbocycles. The van der Waals surface area contributed by atoms with Crippen LogP contribution < -0.4 is 10.5 Å². The molecule has 6 heteroatoms. The van der Waals surface area contributed by atoms with Gasteiger partial charge in [0, 0.05) is 10.9 Å². The molecule has 5 nitrogen and oxygen atoms in total. The van der Waals surface area contributed by atoms with Crippen molar-refractivity contribution in [2.45, 2.75) is 11.8 Å². The predicted molar refractivity (Wildman–Crippen MR) is 94.5 cm³/mol. The van der Waals surface area contributed by atoms with Crippen LogP contribution in [0, 0.1) is 6.92 Å². The minimum absolute atomic E-state index is 0.00478. The number of rotatable bonds is 4. The first kappa shape index (κ1) is 16.0. The maximum absolute atomic E-state index is 12.7. The van der Waals surface area contributed by atoms with Gasteiger partial charge < -0.3 is 5.73 Å². The molecule has 0 radical (unpaired) electrons. The molecule has 3 rings (SSSR count). The molecule has 0 fully saturated rings. The highest BCUT2D eigenvalue weighted by Crippen LogP contribution is 2.26. The van der Waals surface area contributed by atoms with E-state index < -0.39 is 15.9 Å². The molecule has 0 spiro atoms. The van der Waals surface area contributed by atoms with Crippen LogP contribution in [0.25, 0.3) is 10.8 Å². The Bertz CT molecular complexity index is 1040. The van der Waals surface area contributed by atoms with Gasteiger partial charge in [0.05, 0.1) is 10.6 Å². The van der Waals surface area contributed by atoms with Crippen molar-refractivity contribution in [3.63, 3.8) is 0 Å². The van der Waals surface area contributed by atoms with E-state index in [0.717, 1.165) is 10.8 Å². The van der Waals surface area contributed by atoms with Gasteiger partial charge in [0.1, 0.15) is 0 Å². The van der Waals surface area contributed by atoms with E-state index in [1.165, 1.54) is 12.1 Å². The average molecular weight is 340 g/mol. The number of primary amides is 1. The van der Waals surface area contributed by atoms with E-state index in [1.807, 2.05) is 30.3 Å². The molecular formula is C18H16N2O3S. The maximum Gasteiger partial charge on any atom is 0.261 e. The third-order valence-electron chi connectivity index (χ3n) is 3.82. The van der Waals surface area contributed by atoms with E-state index in [0.29, 0.717) is 11.3 Å². The summed E-state index contributed by atoms with van der Waals surface area (Å²) in [5.41, 5.74) is 6.60. The summed E-state index contributed by atoms with van der Waals surface area (Å²) in [5.74, 6) is -0.658. The van der Waals surface area contributed by atoms with Gasteiger partial charge in [0.15, 0.2) is 0 Å². The van der Waals surface area contributed by atoms with Crippen molar-refractivity contribution in [2.75, 3.05) is 4.72 Å². The van der Waals surface area contributed by atoms with Crippen LogP contribution in [-0.2, 0) is 10.0 Å². The van der Waals surface area contributed by atoms with E-state index in [1.54, 1.807) is 25.1 Å². The number of anilines is 1. The van der Waals surface area contributed by atoms with E-state index in [-0.39, 0.29) is 10.5 Å². The number of sulfonamides is 1. The summed E-state index contributed by atoms with van der Waals surface area (Å²) in [7, 11) is -3.84. The van der Waals surface area contributed by atoms with Crippen molar-refractivity contribution in [2.24, 2.45) is 5.73 Å². The Morgan fingerprint density at radius 1 is 1.00 bits per heavy atom. The number of nitrogens with two attached hydrogens (primary N) is 1. The van der Waals surface area contributed by atoms with Crippen molar-refractivity contribution >= 4 is 32.4 Å². The summed E-state index contributed by atoms with van der Waals surface area (Å²) in [4.78, 5) is 11.4. The van der Waals surface area contributed by atoms with Gasteiger partial charge in [-0.1, -0.05) is 42.5 Å². The zero-order chi connectivity index (χ0) is 17.3. The molecule has 0 bridgehead atoms. The summed E-state index contributed by atoms with van der Waals surface area (Å²) in [5, 5.41) is 1.73. The number of carbonyl (C=O) groups excluding carboxylic acids is 1. The molecule has 0 atom stereocenters. The normalized spacial score (nSPS) is 11.4. The summed E-state index contributed by atoms with van der Waals surface area (Å²) >= 11 is 0. The van der Waals surface area contributed by atoms with E-state index in [9.17, 15) is 13.2 Å². The maximum atomic E-state index is 12.7. The zero-order valence-corrected chi connectivity index (χ0v) is 13.8. The predicted octanol–water partition coefficient (Wildman–Crippen LogP) is 3.05.